The molecule has 0 atom stereocenters. The van der Waals surface area contributed by atoms with Crippen molar-refractivity contribution in [2.75, 3.05) is 19.5 Å². The van der Waals surface area contributed by atoms with E-state index in [4.69, 9.17) is 9.47 Å². The van der Waals surface area contributed by atoms with E-state index in [0.29, 0.717) is 6.61 Å². The first-order chi connectivity index (χ1) is 10.4. The quantitative estimate of drug-likeness (QED) is 0.495. The predicted molar refractivity (Wildman–Crippen MR) is 88.8 cm³/mol. The molecule has 3 rings (SSSR count). The van der Waals surface area contributed by atoms with Gasteiger partial charge in [-0.05, 0) is 24.3 Å². The fourth-order valence-electron chi connectivity index (χ4n) is 1.93. The molecule has 108 valence electrons. The molecule has 5 heteroatoms. The number of ether oxygens (including phenoxy) is 2. The molecule has 1 heterocycles. The van der Waals surface area contributed by atoms with Crippen LogP contribution >= 0.6 is 23.1 Å². The number of aromatic nitrogens is 1. The van der Waals surface area contributed by atoms with E-state index in [-0.39, 0.29) is 0 Å². The lowest BCUT2D eigenvalue weighted by atomic mass is 10.3. The van der Waals surface area contributed by atoms with Crippen molar-refractivity contribution in [1.29, 1.82) is 0 Å². The van der Waals surface area contributed by atoms with Crippen molar-refractivity contribution in [1.82, 2.24) is 4.98 Å². The number of rotatable bonds is 6. The summed E-state index contributed by atoms with van der Waals surface area (Å²) in [6, 6.07) is 15.9. The van der Waals surface area contributed by atoms with Crippen molar-refractivity contribution in [3.63, 3.8) is 0 Å². The maximum Gasteiger partial charge on any atom is 0.161 e. The Morgan fingerprint density at radius 1 is 1.05 bits per heavy atom. The molecule has 0 aliphatic heterocycles. The molecule has 0 aliphatic carbocycles. The zero-order valence-corrected chi connectivity index (χ0v) is 13.2. The highest BCUT2D eigenvalue weighted by Crippen LogP contribution is 2.30. The Kier molecular flexibility index (Phi) is 4.62. The van der Waals surface area contributed by atoms with Gasteiger partial charge in [0.1, 0.15) is 0 Å². The van der Waals surface area contributed by atoms with Gasteiger partial charge in [0.15, 0.2) is 15.8 Å². The highest BCUT2D eigenvalue weighted by molar-refractivity contribution is 8.01. The number of nitrogens with zero attached hydrogens (tertiary/aromatic N) is 1. The molecule has 0 saturated heterocycles. The minimum absolute atomic E-state index is 0.626. The SMILES string of the molecule is COc1ccccc1OCCSc1nc2ccccc2s1. The van der Waals surface area contributed by atoms with Crippen LogP contribution in [0.2, 0.25) is 0 Å². The molecule has 3 aromatic rings. The van der Waals surface area contributed by atoms with Crippen molar-refractivity contribution < 1.29 is 9.47 Å². The van der Waals surface area contributed by atoms with Crippen LogP contribution < -0.4 is 9.47 Å². The maximum atomic E-state index is 5.75. The lowest BCUT2D eigenvalue weighted by molar-refractivity contribution is 0.313. The van der Waals surface area contributed by atoms with Crippen LogP contribution in [0, 0.1) is 0 Å². The molecule has 0 aliphatic rings. The Bertz CT molecular complexity index is 694. The molecule has 2 aromatic carbocycles. The second kappa shape index (κ2) is 6.83. The highest BCUT2D eigenvalue weighted by atomic mass is 32.2. The third-order valence-electron chi connectivity index (χ3n) is 2.91. The van der Waals surface area contributed by atoms with Crippen LogP contribution in [0.5, 0.6) is 11.5 Å². The molecule has 0 amide bonds. The van der Waals surface area contributed by atoms with Gasteiger partial charge in [-0.2, -0.15) is 0 Å². The lowest BCUT2D eigenvalue weighted by Gasteiger charge is -2.09. The highest BCUT2D eigenvalue weighted by Gasteiger charge is 2.05. The zero-order valence-electron chi connectivity index (χ0n) is 11.6. The zero-order chi connectivity index (χ0) is 14.5. The third kappa shape index (κ3) is 3.49. The van der Waals surface area contributed by atoms with E-state index in [1.54, 1.807) is 30.2 Å². The van der Waals surface area contributed by atoms with E-state index in [9.17, 15) is 0 Å². The van der Waals surface area contributed by atoms with Crippen LogP contribution in [0.3, 0.4) is 0 Å². The Morgan fingerprint density at radius 2 is 1.81 bits per heavy atom. The molecule has 0 unspecified atom stereocenters. The normalized spacial score (nSPS) is 10.7. The Morgan fingerprint density at radius 3 is 2.62 bits per heavy atom. The Balaban J connectivity index is 1.54. The van der Waals surface area contributed by atoms with E-state index in [0.717, 1.165) is 27.1 Å². The summed E-state index contributed by atoms with van der Waals surface area (Å²) in [5, 5.41) is 0. The van der Waals surface area contributed by atoms with Gasteiger partial charge in [0.2, 0.25) is 0 Å². The fraction of sp³-hybridized carbons (Fsp3) is 0.188. The van der Waals surface area contributed by atoms with Crippen LogP contribution in [-0.2, 0) is 0 Å². The molecule has 0 bridgehead atoms. The first-order valence-corrected chi connectivity index (χ1v) is 8.41. The van der Waals surface area contributed by atoms with Crippen molar-refractivity contribution in [2.24, 2.45) is 0 Å². The molecule has 3 nitrogen and oxygen atoms in total. The number of thioether (sulfide) groups is 1. The molecular formula is C16H15NO2S2. The smallest absolute Gasteiger partial charge is 0.161 e. The van der Waals surface area contributed by atoms with Gasteiger partial charge in [0.05, 0.1) is 23.9 Å². The van der Waals surface area contributed by atoms with Gasteiger partial charge in [-0.1, -0.05) is 36.0 Å². The molecular weight excluding hydrogens is 302 g/mol. The summed E-state index contributed by atoms with van der Waals surface area (Å²) < 4.78 is 13.3. The van der Waals surface area contributed by atoms with Crippen molar-refractivity contribution in [2.45, 2.75) is 4.34 Å². The molecule has 1 aromatic heterocycles. The first-order valence-electron chi connectivity index (χ1n) is 6.61. The molecule has 0 spiro atoms. The van der Waals surface area contributed by atoms with E-state index >= 15 is 0 Å². The van der Waals surface area contributed by atoms with Gasteiger partial charge in [-0.3, -0.25) is 0 Å². The van der Waals surface area contributed by atoms with Crippen LogP contribution in [0.4, 0.5) is 0 Å². The number of hydrogen-bond acceptors (Lipinski definition) is 5. The predicted octanol–water partition coefficient (Wildman–Crippen LogP) is 4.48. The molecule has 0 saturated carbocycles. The van der Waals surface area contributed by atoms with Crippen molar-refractivity contribution >= 4 is 33.3 Å². The van der Waals surface area contributed by atoms with Crippen molar-refractivity contribution in [3.05, 3.63) is 48.5 Å². The van der Waals surface area contributed by atoms with Crippen LogP contribution in [0.15, 0.2) is 52.9 Å². The number of benzene rings is 2. The van der Waals surface area contributed by atoms with Gasteiger partial charge < -0.3 is 9.47 Å². The van der Waals surface area contributed by atoms with E-state index in [2.05, 4.69) is 11.1 Å². The summed E-state index contributed by atoms with van der Waals surface area (Å²) in [7, 11) is 1.65. The molecule has 0 fully saturated rings. The number of thiazole rings is 1. The van der Waals surface area contributed by atoms with Gasteiger partial charge >= 0.3 is 0 Å². The number of methoxy groups -OCH3 is 1. The fourth-order valence-corrected chi connectivity index (χ4v) is 3.89. The molecule has 0 radical (unpaired) electrons. The maximum absolute atomic E-state index is 5.75. The van der Waals surface area contributed by atoms with Crippen molar-refractivity contribution in [3.8, 4) is 11.5 Å². The molecule has 0 N–H and O–H groups in total. The van der Waals surface area contributed by atoms with Gasteiger partial charge in [-0.25, -0.2) is 4.98 Å². The lowest BCUT2D eigenvalue weighted by Crippen LogP contribution is -2.01. The number of para-hydroxylation sites is 3. The average Bonchev–Trinajstić information content (AvgIpc) is 2.94. The Labute approximate surface area is 131 Å². The minimum atomic E-state index is 0.626. The molecule has 21 heavy (non-hydrogen) atoms. The van der Waals surface area contributed by atoms with E-state index in [1.807, 2.05) is 42.5 Å². The van der Waals surface area contributed by atoms with Crippen LogP contribution in [0.25, 0.3) is 10.2 Å². The minimum Gasteiger partial charge on any atom is -0.493 e. The largest absolute Gasteiger partial charge is 0.493 e. The number of hydrogen-bond donors (Lipinski definition) is 0. The first kappa shape index (κ1) is 14.2. The topological polar surface area (TPSA) is 31.4 Å². The van der Waals surface area contributed by atoms with Gasteiger partial charge in [-0.15, -0.1) is 11.3 Å². The van der Waals surface area contributed by atoms with Crippen LogP contribution in [-0.4, -0.2) is 24.5 Å². The summed E-state index contributed by atoms with van der Waals surface area (Å²) in [5.74, 6) is 2.41. The Hall–Kier alpha value is -1.72. The summed E-state index contributed by atoms with van der Waals surface area (Å²) in [6.07, 6.45) is 0. The summed E-state index contributed by atoms with van der Waals surface area (Å²) in [5.41, 5.74) is 1.07. The standard InChI is InChI=1S/C16H15NO2S2/c1-18-13-7-3-4-8-14(13)19-10-11-20-16-17-12-6-2-5-9-15(12)21-16/h2-9H,10-11H2,1H3. The van der Waals surface area contributed by atoms with E-state index in [1.165, 1.54) is 4.70 Å². The second-order valence-corrected chi connectivity index (χ2v) is 6.67. The average molecular weight is 317 g/mol. The summed E-state index contributed by atoms with van der Waals surface area (Å²) in [6.45, 7) is 0.626. The monoisotopic (exact) mass is 317 g/mol. The van der Waals surface area contributed by atoms with Gasteiger partial charge in [0, 0.05) is 5.75 Å². The van der Waals surface area contributed by atoms with Crippen LogP contribution in [0.1, 0.15) is 0 Å². The number of fused-ring (bicyclic) bond motifs is 1. The summed E-state index contributed by atoms with van der Waals surface area (Å²) >= 11 is 3.44. The van der Waals surface area contributed by atoms with E-state index < -0.39 is 0 Å². The summed E-state index contributed by atoms with van der Waals surface area (Å²) in [4.78, 5) is 4.59. The third-order valence-corrected chi connectivity index (χ3v) is 5.05. The second-order valence-electron chi connectivity index (χ2n) is 4.30. The van der Waals surface area contributed by atoms with Gasteiger partial charge in [0.25, 0.3) is 0 Å².